The van der Waals surface area contributed by atoms with E-state index >= 15 is 0 Å². The van der Waals surface area contributed by atoms with E-state index in [9.17, 15) is 13.2 Å². The molecule has 21 heavy (non-hydrogen) atoms. The molecule has 0 aliphatic carbocycles. The van der Waals surface area contributed by atoms with Crippen LogP contribution in [0.1, 0.15) is 34.6 Å². The molecular weight excluding hydrogens is 275 g/mol. The molecule has 1 atom stereocenters. The molecule has 110 valence electrons. The third-order valence-corrected chi connectivity index (χ3v) is 4.08. The van der Waals surface area contributed by atoms with Gasteiger partial charge in [-0.1, -0.05) is 36.4 Å². The molecule has 2 aromatic rings. The maximum Gasteiger partial charge on any atom is 0.418 e. The van der Waals surface area contributed by atoms with E-state index in [0.717, 1.165) is 29.2 Å². The molecular formula is C17H16F3N. The van der Waals surface area contributed by atoms with Gasteiger partial charge in [0.05, 0.1) is 11.3 Å². The van der Waals surface area contributed by atoms with Gasteiger partial charge in [0.15, 0.2) is 0 Å². The summed E-state index contributed by atoms with van der Waals surface area (Å²) in [5.74, 6) is 0.0183. The number of para-hydroxylation sites is 1. The van der Waals surface area contributed by atoms with Crippen LogP contribution in [0.3, 0.4) is 0 Å². The minimum Gasteiger partial charge on any atom is -0.384 e. The largest absolute Gasteiger partial charge is 0.418 e. The summed E-state index contributed by atoms with van der Waals surface area (Å²) in [5.41, 5.74) is 2.64. The first-order valence-electron chi connectivity index (χ1n) is 6.98. The van der Waals surface area contributed by atoms with Crippen LogP contribution in [0, 0.1) is 6.92 Å². The Morgan fingerprint density at radius 2 is 1.71 bits per heavy atom. The van der Waals surface area contributed by atoms with Gasteiger partial charge in [-0.2, -0.15) is 13.2 Å². The van der Waals surface area contributed by atoms with Crippen molar-refractivity contribution in [3.63, 3.8) is 0 Å². The van der Waals surface area contributed by atoms with Crippen LogP contribution >= 0.6 is 0 Å². The second-order valence-corrected chi connectivity index (χ2v) is 5.39. The molecule has 0 saturated heterocycles. The van der Waals surface area contributed by atoms with Crippen LogP contribution in [-0.2, 0) is 6.18 Å². The number of hydrogen-bond acceptors (Lipinski definition) is 1. The van der Waals surface area contributed by atoms with E-state index in [4.69, 9.17) is 0 Å². The molecule has 0 amide bonds. The first kappa shape index (κ1) is 14.0. The lowest BCUT2D eigenvalue weighted by Crippen LogP contribution is -2.22. The summed E-state index contributed by atoms with van der Waals surface area (Å²) in [4.78, 5) is 0. The topological polar surface area (TPSA) is 12.0 Å². The standard InChI is InChI=1S/C17H16F3N/c1-11-5-2-3-6-12(11)13-9-10-21-16-14(13)7-4-8-15(16)17(18,19)20/h2-8,13,21H,9-10H2,1H3. The van der Waals surface area contributed by atoms with E-state index in [0.29, 0.717) is 6.54 Å². The van der Waals surface area contributed by atoms with Gasteiger partial charge < -0.3 is 5.32 Å². The molecule has 0 fully saturated rings. The van der Waals surface area contributed by atoms with Crippen molar-refractivity contribution in [3.05, 3.63) is 64.7 Å². The van der Waals surface area contributed by atoms with E-state index in [1.54, 1.807) is 6.07 Å². The first-order chi connectivity index (χ1) is 9.98. The summed E-state index contributed by atoms with van der Waals surface area (Å²) in [7, 11) is 0. The van der Waals surface area contributed by atoms with Crippen molar-refractivity contribution in [1.29, 1.82) is 0 Å². The summed E-state index contributed by atoms with van der Waals surface area (Å²) in [6.45, 7) is 2.56. The monoisotopic (exact) mass is 291 g/mol. The van der Waals surface area contributed by atoms with Gasteiger partial charge in [-0.3, -0.25) is 0 Å². The van der Waals surface area contributed by atoms with Crippen molar-refractivity contribution >= 4 is 5.69 Å². The van der Waals surface area contributed by atoms with Crippen LogP contribution in [-0.4, -0.2) is 6.54 Å². The highest BCUT2D eigenvalue weighted by molar-refractivity contribution is 5.63. The van der Waals surface area contributed by atoms with Gasteiger partial charge in [0.2, 0.25) is 0 Å². The highest BCUT2D eigenvalue weighted by Crippen LogP contribution is 2.44. The second-order valence-electron chi connectivity index (χ2n) is 5.39. The summed E-state index contributed by atoms with van der Waals surface area (Å²) in [5, 5.41) is 2.94. The highest BCUT2D eigenvalue weighted by Gasteiger charge is 2.36. The minimum atomic E-state index is -4.33. The number of rotatable bonds is 1. The molecule has 1 nitrogen and oxygen atoms in total. The zero-order valence-electron chi connectivity index (χ0n) is 11.7. The molecule has 4 heteroatoms. The van der Waals surface area contributed by atoms with Crippen molar-refractivity contribution in [2.45, 2.75) is 25.4 Å². The Kier molecular flexibility index (Phi) is 3.40. The molecule has 0 saturated carbocycles. The maximum absolute atomic E-state index is 13.1. The third kappa shape index (κ3) is 2.50. The van der Waals surface area contributed by atoms with Crippen molar-refractivity contribution in [1.82, 2.24) is 0 Å². The van der Waals surface area contributed by atoms with Gasteiger partial charge >= 0.3 is 6.18 Å². The average molecular weight is 291 g/mol. The molecule has 1 unspecified atom stereocenters. The number of halogens is 3. The van der Waals surface area contributed by atoms with Crippen LogP contribution in [0.4, 0.5) is 18.9 Å². The lowest BCUT2D eigenvalue weighted by atomic mass is 9.82. The van der Waals surface area contributed by atoms with Crippen molar-refractivity contribution in [2.75, 3.05) is 11.9 Å². The van der Waals surface area contributed by atoms with Crippen molar-refractivity contribution < 1.29 is 13.2 Å². The lowest BCUT2D eigenvalue weighted by Gasteiger charge is -2.30. The van der Waals surface area contributed by atoms with Gasteiger partial charge in [-0.15, -0.1) is 0 Å². The number of fused-ring (bicyclic) bond motifs is 1. The first-order valence-corrected chi connectivity index (χ1v) is 6.98. The normalized spacial score (nSPS) is 18.0. The molecule has 0 bridgehead atoms. The SMILES string of the molecule is Cc1ccccc1C1CCNc2c1cccc2C(F)(F)F. The fourth-order valence-corrected chi connectivity index (χ4v) is 3.09. The Bertz CT molecular complexity index is 661. The summed E-state index contributed by atoms with van der Waals surface area (Å²) in [6, 6.07) is 12.4. The Labute approximate surface area is 121 Å². The molecule has 0 radical (unpaired) electrons. The van der Waals surface area contributed by atoms with E-state index < -0.39 is 11.7 Å². The molecule has 1 N–H and O–H groups in total. The van der Waals surface area contributed by atoms with Gasteiger partial charge in [0.25, 0.3) is 0 Å². The number of aryl methyl sites for hydroxylation is 1. The second kappa shape index (κ2) is 5.10. The molecule has 2 aromatic carbocycles. The van der Waals surface area contributed by atoms with Crippen LogP contribution in [0.2, 0.25) is 0 Å². The van der Waals surface area contributed by atoms with Crippen molar-refractivity contribution in [2.24, 2.45) is 0 Å². The van der Waals surface area contributed by atoms with E-state index in [2.05, 4.69) is 5.32 Å². The van der Waals surface area contributed by atoms with E-state index in [-0.39, 0.29) is 11.6 Å². The zero-order chi connectivity index (χ0) is 15.0. The van der Waals surface area contributed by atoms with Gasteiger partial charge in [0, 0.05) is 12.5 Å². The lowest BCUT2D eigenvalue weighted by molar-refractivity contribution is -0.137. The van der Waals surface area contributed by atoms with Crippen LogP contribution in [0.25, 0.3) is 0 Å². The Hall–Kier alpha value is -1.97. The fourth-order valence-electron chi connectivity index (χ4n) is 3.09. The summed E-state index contributed by atoms with van der Waals surface area (Å²) >= 11 is 0. The number of nitrogens with one attached hydrogen (secondary N) is 1. The molecule has 1 aliphatic rings. The number of benzene rings is 2. The van der Waals surface area contributed by atoms with Gasteiger partial charge in [0.1, 0.15) is 0 Å². The number of anilines is 1. The number of hydrogen-bond donors (Lipinski definition) is 1. The Morgan fingerprint density at radius 1 is 1.00 bits per heavy atom. The zero-order valence-corrected chi connectivity index (χ0v) is 11.7. The van der Waals surface area contributed by atoms with Crippen LogP contribution in [0.15, 0.2) is 42.5 Å². The van der Waals surface area contributed by atoms with E-state index in [1.165, 1.54) is 6.07 Å². The minimum absolute atomic E-state index is 0.0183. The smallest absolute Gasteiger partial charge is 0.384 e. The van der Waals surface area contributed by atoms with Crippen LogP contribution < -0.4 is 5.32 Å². The average Bonchev–Trinajstić information content (AvgIpc) is 2.46. The quantitative estimate of drug-likeness (QED) is 0.783. The molecule has 1 aliphatic heterocycles. The summed E-state index contributed by atoms with van der Waals surface area (Å²) < 4.78 is 39.4. The van der Waals surface area contributed by atoms with Crippen LogP contribution in [0.5, 0.6) is 0 Å². The van der Waals surface area contributed by atoms with Gasteiger partial charge in [-0.05, 0) is 36.1 Å². The molecule has 3 rings (SSSR count). The summed E-state index contributed by atoms with van der Waals surface area (Å²) in [6.07, 6.45) is -3.52. The molecule has 0 spiro atoms. The molecule has 1 heterocycles. The van der Waals surface area contributed by atoms with Crippen molar-refractivity contribution in [3.8, 4) is 0 Å². The third-order valence-electron chi connectivity index (χ3n) is 4.08. The number of alkyl halides is 3. The Morgan fingerprint density at radius 3 is 2.43 bits per heavy atom. The fraction of sp³-hybridized carbons (Fsp3) is 0.294. The highest BCUT2D eigenvalue weighted by atomic mass is 19.4. The van der Waals surface area contributed by atoms with E-state index in [1.807, 2.05) is 31.2 Å². The Balaban J connectivity index is 2.14. The molecule has 0 aromatic heterocycles. The van der Waals surface area contributed by atoms with Gasteiger partial charge in [-0.25, -0.2) is 0 Å². The predicted octanol–water partition coefficient (Wildman–Crippen LogP) is 4.96. The predicted molar refractivity (Wildman–Crippen MR) is 77.6 cm³/mol. The maximum atomic E-state index is 13.1.